The van der Waals surface area contributed by atoms with E-state index in [9.17, 15) is 9.59 Å². The normalized spacial score (nSPS) is 10.2. The summed E-state index contributed by atoms with van der Waals surface area (Å²) in [6.45, 7) is 1.88. The molecule has 0 bridgehead atoms. The molecular weight excluding hydrogens is 358 g/mol. The second-order valence-corrected chi connectivity index (χ2v) is 5.70. The predicted molar refractivity (Wildman–Crippen MR) is 85.2 cm³/mol. The molecule has 0 fully saturated rings. The number of carboxylic acids is 1. The van der Waals surface area contributed by atoms with Crippen LogP contribution in [0.5, 0.6) is 0 Å². The van der Waals surface area contributed by atoms with Gasteiger partial charge in [-0.05, 0) is 53.2 Å². The standard InChI is InChI=1S/C15H11BrClNO3/c1-8-2-4-12(16)10(6-8)14(19)18-9-3-5-13(17)11(7-9)15(20)21/h2-7H,1H3,(H,18,19)(H,20,21). The molecule has 0 atom stereocenters. The molecule has 6 heteroatoms. The molecule has 0 aromatic heterocycles. The minimum atomic E-state index is -1.15. The second kappa shape index (κ2) is 6.28. The van der Waals surface area contributed by atoms with Gasteiger partial charge in [-0.15, -0.1) is 0 Å². The van der Waals surface area contributed by atoms with Crippen molar-refractivity contribution in [2.45, 2.75) is 6.92 Å². The zero-order valence-corrected chi connectivity index (χ0v) is 13.3. The van der Waals surface area contributed by atoms with E-state index in [2.05, 4.69) is 21.2 Å². The van der Waals surface area contributed by atoms with E-state index in [1.54, 1.807) is 18.2 Å². The average Bonchev–Trinajstić information content (AvgIpc) is 2.43. The third-order valence-corrected chi connectivity index (χ3v) is 3.84. The summed E-state index contributed by atoms with van der Waals surface area (Å²) in [5, 5.41) is 11.8. The van der Waals surface area contributed by atoms with E-state index in [0.717, 1.165) is 5.56 Å². The molecule has 2 N–H and O–H groups in total. The monoisotopic (exact) mass is 367 g/mol. The van der Waals surface area contributed by atoms with Crippen molar-refractivity contribution in [2.75, 3.05) is 5.32 Å². The van der Waals surface area contributed by atoms with E-state index in [0.29, 0.717) is 15.7 Å². The van der Waals surface area contributed by atoms with Crippen molar-refractivity contribution in [2.24, 2.45) is 0 Å². The van der Waals surface area contributed by atoms with Crippen molar-refractivity contribution < 1.29 is 14.7 Å². The fourth-order valence-corrected chi connectivity index (χ4v) is 2.40. The zero-order valence-electron chi connectivity index (χ0n) is 11.0. The zero-order chi connectivity index (χ0) is 15.6. The Hall–Kier alpha value is -1.85. The molecule has 0 saturated heterocycles. The Bertz CT molecular complexity index is 731. The van der Waals surface area contributed by atoms with E-state index >= 15 is 0 Å². The number of hydrogen-bond acceptors (Lipinski definition) is 2. The Morgan fingerprint density at radius 2 is 1.86 bits per heavy atom. The second-order valence-electron chi connectivity index (χ2n) is 4.44. The minimum Gasteiger partial charge on any atom is -0.478 e. The number of amides is 1. The molecule has 21 heavy (non-hydrogen) atoms. The van der Waals surface area contributed by atoms with Gasteiger partial charge in [0.15, 0.2) is 0 Å². The molecule has 0 saturated carbocycles. The number of hydrogen-bond donors (Lipinski definition) is 2. The van der Waals surface area contributed by atoms with Crippen LogP contribution < -0.4 is 5.32 Å². The maximum absolute atomic E-state index is 12.2. The number of carboxylic acid groups (broad SMARTS) is 1. The van der Waals surface area contributed by atoms with Gasteiger partial charge in [-0.25, -0.2) is 4.79 Å². The quantitative estimate of drug-likeness (QED) is 0.846. The van der Waals surface area contributed by atoms with E-state index in [-0.39, 0.29) is 16.5 Å². The summed E-state index contributed by atoms with van der Waals surface area (Å²) in [5.74, 6) is -1.47. The van der Waals surface area contributed by atoms with Gasteiger partial charge in [-0.2, -0.15) is 0 Å². The smallest absolute Gasteiger partial charge is 0.337 e. The van der Waals surface area contributed by atoms with Crippen LogP contribution >= 0.6 is 27.5 Å². The Kier molecular flexibility index (Phi) is 4.65. The molecule has 0 unspecified atom stereocenters. The highest BCUT2D eigenvalue weighted by Crippen LogP contribution is 2.23. The topological polar surface area (TPSA) is 66.4 Å². The average molecular weight is 369 g/mol. The summed E-state index contributed by atoms with van der Waals surface area (Å²) < 4.78 is 0.665. The third kappa shape index (κ3) is 3.62. The van der Waals surface area contributed by atoms with Crippen molar-refractivity contribution in [3.05, 3.63) is 62.6 Å². The van der Waals surface area contributed by atoms with Crippen molar-refractivity contribution in [1.82, 2.24) is 0 Å². The molecule has 0 radical (unpaired) electrons. The maximum Gasteiger partial charge on any atom is 0.337 e. The van der Waals surface area contributed by atoms with E-state index in [1.165, 1.54) is 12.1 Å². The van der Waals surface area contributed by atoms with E-state index < -0.39 is 5.97 Å². The van der Waals surface area contributed by atoms with Crippen LogP contribution in [0.1, 0.15) is 26.3 Å². The first-order valence-electron chi connectivity index (χ1n) is 5.99. The lowest BCUT2D eigenvalue weighted by Gasteiger charge is -2.09. The molecule has 0 spiro atoms. The number of halogens is 2. The first-order chi connectivity index (χ1) is 9.88. The highest BCUT2D eigenvalue weighted by molar-refractivity contribution is 9.10. The summed E-state index contributed by atoms with van der Waals surface area (Å²) in [6, 6.07) is 9.72. The molecule has 2 aromatic carbocycles. The van der Waals surface area contributed by atoms with Crippen LogP contribution in [0.3, 0.4) is 0 Å². The summed E-state index contributed by atoms with van der Waals surface area (Å²) in [6.07, 6.45) is 0. The van der Waals surface area contributed by atoms with Crippen molar-refractivity contribution in [3.8, 4) is 0 Å². The fourth-order valence-electron chi connectivity index (χ4n) is 1.78. The van der Waals surface area contributed by atoms with Crippen LogP contribution in [0.2, 0.25) is 5.02 Å². The molecule has 108 valence electrons. The first kappa shape index (κ1) is 15.5. The molecule has 4 nitrogen and oxygen atoms in total. The molecule has 0 aliphatic rings. The number of carbonyl (C=O) groups is 2. The molecule has 0 aliphatic heterocycles. The summed E-state index contributed by atoms with van der Waals surface area (Å²) in [5.41, 5.74) is 1.74. The van der Waals surface area contributed by atoms with Gasteiger partial charge in [0.1, 0.15) is 0 Å². The fraction of sp³-hybridized carbons (Fsp3) is 0.0667. The highest BCUT2D eigenvalue weighted by Gasteiger charge is 2.13. The van der Waals surface area contributed by atoms with Crippen molar-refractivity contribution in [3.63, 3.8) is 0 Å². The number of anilines is 1. The van der Waals surface area contributed by atoms with Gasteiger partial charge in [0.05, 0.1) is 16.1 Å². The van der Waals surface area contributed by atoms with Crippen LogP contribution in [-0.4, -0.2) is 17.0 Å². The molecule has 2 rings (SSSR count). The van der Waals surface area contributed by atoms with Gasteiger partial charge in [-0.1, -0.05) is 23.2 Å². The number of carbonyl (C=O) groups excluding carboxylic acids is 1. The van der Waals surface area contributed by atoms with Crippen molar-refractivity contribution >= 4 is 45.1 Å². The summed E-state index contributed by atoms with van der Waals surface area (Å²) in [7, 11) is 0. The van der Waals surface area contributed by atoms with Crippen molar-refractivity contribution in [1.29, 1.82) is 0 Å². The Balaban J connectivity index is 2.29. The third-order valence-electron chi connectivity index (χ3n) is 2.82. The van der Waals surface area contributed by atoms with Gasteiger partial charge >= 0.3 is 5.97 Å². The largest absolute Gasteiger partial charge is 0.478 e. The molecule has 1 amide bonds. The van der Waals surface area contributed by atoms with E-state index in [1.807, 2.05) is 13.0 Å². The number of aryl methyl sites for hydroxylation is 1. The lowest BCUT2D eigenvalue weighted by Crippen LogP contribution is -2.13. The van der Waals surface area contributed by atoms with Crippen LogP contribution in [0.4, 0.5) is 5.69 Å². The minimum absolute atomic E-state index is 0.0576. The molecule has 2 aromatic rings. The summed E-state index contributed by atoms with van der Waals surface area (Å²) in [4.78, 5) is 23.3. The van der Waals surface area contributed by atoms with Gasteiger partial charge in [0, 0.05) is 10.2 Å². The molecule has 0 aliphatic carbocycles. The molecular formula is C15H11BrClNO3. The highest BCUT2D eigenvalue weighted by atomic mass is 79.9. The Labute approximate surface area is 134 Å². The number of rotatable bonds is 3. The van der Waals surface area contributed by atoms with Crippen LogP contribution in [-0.2, 0) is 0 Å². The van der Waals surface area contributed by atoms with Crippen LogP contribution in [0.15, 0.2) is 40.9 Å². The maximum atomic E-state index is 12.2. The van der Waals surface area contributed by atoms with Gasteiger partial charge in [0.2, 0.25) is 0 Å². The van der Waals surface area contributed by atoms with Gasteiger partial charge < -0.3 is 10.4 Å². The van der Waals surface area contributed by atoms with Gasteiger partial charge in [-0.3, -0.25) is 4.79 Å². The van der Waals surface area contributed by atoms with Gasteiger partial charge in [0.25, 0.3) is 5.91 Å². The van der Waals surface area contributed by atoms with Crippen LogP contribution in [0.25, 0.3) is 0 Å². The number of aromatic carboxylic acids is 1. The molecule has 0 heterocycles. The van der Waals surface area contributed by atoms with Crippen LogP contribution in [0, 0.1) is 6.92 Å². The Morgan fingerprint density at radius 3 is 2.52 bits per heavy atom. The van der Waals surface area contributed by atoms with E-state index in [4.69, 9.17) is 16.7 Å². The SMILES string of the molecule is Cc1ccc(Br)c(C(=O)Nc2ccc(Cl)c(C(=O)O)c2)c1. The lowest BCUT2D eigenvalue weighted by molar-refractivity contribution is 0.0696. The number of nitrogens with one attached hydrogen (secondary N) is 1. The summed E-state index contributed by atoms with van der Waals surface area (Å²) >= 11 is 9.11. The number of benzene rings is 2. The predicted octanol–water partition coefficient (Wildman–Crippen LogP) is 4.36. The first-order valence-corrected chi connectivity index (χ1v) is 7.16. The Morgan fingerprint density at radius 1 is 1.14 bits per heavy atom. The lowest BCUT2D eigenvalue weighted by atomic mass is 10.1.